The quantitative estimate of drug-likeness (QED) is 0.786. The summed E-state index contributed by atoms with van der Waals surface area (Å²) in [5, 5.41) is 14.9. The van der Waals surface area contributed by atoms with Crippen LogP contribution in [0, 0.1) is 5.92 Å². The molecule has 2 rings (SSSR count). The van der Waals surface area contributed by atoms with Crippen molar-refractivity contribution in [2.45, 2.75) is 32.1 Å². The summed E-state index contributed by atoms with van der Waals surface area (Å²) in [6.45, 7) is 2.17. The van der Waals surface area contributed by atoms with Crippen molar-refractivity contribution in [2.75, 3.05) is 13.1 Å². The molecule has 1 aromatic heterocycles. The standard InChI is InChI=1S/C11H19N5O/c1-16-14-11(13-15-16)7-10(17)5-4-9-3-2-6-12-8-9/h9,12H,2-8H2,1H3. The largest absolute Gasteiger partial charge is 0.316 e. The molecule has 1 aliphatic heterocycles. The van der Waals surface area contributed by atoms with Crippen LogP contribution in [0.5, 0.6) is 0 Å². The second-order valence-electron chi connectivity index (χ2n) is 4.66. The van der Waals surface area contributed by atoms with Gasteiger partial charge in [-0.1, -0.05) is 0 Å². The highest BCUT2D eigenvalue weighted by atomic mass is 16.1. The highest BCUT2D eigenvalue weighted by molar-refractivity contribution is 5.79. The van der Waals surface area contributed by atoms with Crippen molar-refractivity contribution in [1.82, 2.24) is 25.5 Å². The van der Waals surface area contributed by atoms with Crippen LogP contribution in [0.4, 0.5) is 0 Å². The van der Waals surface area contributed by atoms with Gasteiger partial charge in [-0.2, -0.15) is 4.80 Å². The van der Waals surface area contributed by atoms with Crippen LogP contribution < -0.4 is 5.32 Å². The third-order valence-electron chi connectivity index (χ3n) is 3.14. The highest BCUT2D eigenvalue weighted by Gasteiger charge is 2.15. The molecule has 1 N–H and O–H groups in total. The zero-order valence-corrected chi connectivity index (χ0v) is 10.2. The van der Waals surface area contributed by atoms with Crippen molar-refractivity contribution in [1.29, 1.82) is 0 Å². The lowest BCUT2D eigenvalue weighted by Crippen LogP contribution is -2.30. The number of rotatable bonds is 5. The summed E-state index contributed by atoms with van der Waals surface area (Å²) >= 11 is 0. The first kappa shape index (κ1) is 12.2. The second-order valence-corrected chi connectivity index (χ2v) is 4.66. The van der Waals surface area contributed by atoms with Crippen molar-refractivity contribution in [3.05, 3.63) is 5.82 Å². The van der Waals surface area contributed by atoms with Crippen LogP contribution in [0.2, 0.25) is 0 Å². The molecule has 0 radical (unpaired) electrons. The van der Waals surface area contributed by atoms with Crippen molar-refractivity contribution in [3.63, 3.8) is 0 Å². The van der Waals surface area contributed by atoms with Crippen LogP contribution in [0.1, 0.15) is 31.5 Å². The Balaban J connectivity index is 1.70. The Kier molecular flexibility index (Phi) is 4.19. The molecule has 1 atom stereocenters. The molecule has 17 heavy (non-hydrogen) atoms. The molecule has 0 bridgehead atoms. The van der Waals surface area contributed by atoms with Crippen molar-refractivity contribution in [2.24, 2.45) is 13.0 Å². The molecule has 0 aromatic carbocycles. The molecule has 1 unspecified atom stereocenters. The van der Waals surface area contributed by atoms with Crippen LogP contribution in [0.3, 0.4) is 0 Å². The maximum atomic E-state index is 11.7. The number of hydrogen-bond donors (Lipinski definition) is 1. The van der Waals surface area contributed by atoms with E-state index < -0.39 is 0 Å². The summed E-state index contributed by atoms with van der Waals surface area (Å²) in [5.41, 5.74) is 0. The van der Waals surface area contributed by atoms with Gasteiger partial charge in [0.15, 0.2) is 5.82 Å². The Labute approximate surface area is 101 Å². The maximum Gasteiger partial charge on any atom is 0.182 e. The van der Waals surface area contributed by atoms with Gasteiger partial charge in [0.05, 0.1) is 13.5 Å². The molecule has 0 saturated carbocycles. The van der Waals surface area contributed by atoms with Gasteiger partial charge in [-0.15, -0.1) is 10.2 Å². The van der Waals surface area contributed by atoms with E-state index in [1.54, 1.807) is 7.05 Å². The van der Waals surface area contributed by atoms with E-state index in [2.05, 4.69) is 20.7 Å². The number of nitrogens with zero attached hydrogens (tertiary/aromatic N) is 4. The molecule has 1 saturated heterocycles. The predicted molar refractivity (Wildman–Crippen MR) is 62.3 cm³/mol. The van der Waals surface area contributed by atoms with E-state index in [4.69, 9.17) is 0 Å². The number of tetrazole rings is 1. The fourth-order valence-electron chi connectivity index (χ4n) is 2.19. The van der Waals surface area contributed by atoms with Crippen LogP contribution in [-0.2, 0) is 18.3 Å². The number of Topliss-reactive ketones (excluding diaryl/α,β-unsaturated/α-hetero) is 1. The monoisotopic (exact) mass is 237 g/mol. The average Bonchev–Trinajstić information content (AvgIpc) is 2.73. The van der Waals surface area contributed by atoms with Crippen molar-refractivity contribution in [3.8, 4) is 0 Å². The smallest absolute Gasteiger partial charge is 0.182 e. The minimum Gasteiger partial charge on any atom is -0.316 e. The molecule has 6 nitrogen and oxygen atoms in total. The average molecular weight is 237 g/mol. The zero-order chi connectivity index (χ0) is 12.1. The summed E-state index contributed by atoms with van der Waals surface area (Å²) in [6, 6.07) is 0. The third-order valence-corrected chi connectivity index (χ3v) is 3.14. The van der Waals surface area contributed by atoms with E-state index in [9.17, 15) is 4.79 Å². The molecule has 1 fully saturated rings. The van der Waals surface area contributed by atoms with E-state index in [1.165, 1.54) is 17.6 Å². The highest BCUT2D eigenvalue weighted by Crippen LogP contribution is 2.16. The van der Waals surface area contributed by atoms with E-state index >= 15 is 0 Å². The number of carbonyl (C=O) groups is 1. The fraction of sp³-hybridized carbons (Fsp3) is 0.818. The molecule has 0 amide bonds. The van der Waals surface area contributed by atoms with Gasteiger partial charge in [-0.3, -0.25) is 4.79 Å². The lowest BCUT2D eigenvalue weighted by molar-refractivity contribution is -0.118. The molecule has 94 valence electrons. The number of hydrogen-bond acceptors (Lipinski definition) is 5. The molecule has 0 aliphatic carbocycles. The van der Waals surface area contributed by atoms with Gasteiger partial charge in [0.25, 0.3) is 0 Å². The van der Waals surface area contributed by atoms with Crippen molar-refractivity contribution < 1.29 is 4.79 Å². The summed E-state index contributed by atoms with van der Waals surface area (Å²) in [6.07, 6.45) is 4.39. The van der Waals surface area contributed by atoms with E-state index in [1.807, 2.05) is 0 Å². The number of piperidine rings is 1. The van der Waals surface area contributed by atoms with Gasteiger partial charge in [-0.25, -0.2) is 0 Å². The minimum absolute atomic E-state index is 0.212. The number of carbonyl (C=O) groups excluding carboxylic acids is 1. The van der Waals surface area contributed by atoms with Crippen LogP contribution in [0.15, 0.2) is 0 Å². The lowest BCUT2D eigenvalue weighted by atomic mass is 9.93. The van der Waals surface area contributed by atoms with Crippen LogP contribution >= 0.6 is 0 Å². The molecular weight excluding hydrogens is 218 g/mol. The fourth-order valence-corrected chi connectivity index (χ4v) is 2.19. The summed E-state index contributed by atoms with van der Waals surface area (Å²) in [4.78, 5) is 13.1. The predicted octanol–water partition coefficient (Wildman–Crippen LogP) is 0.101. The summed E-state index contributed by atoms with van der Waals surface area (Å²) in [7, 11) is 1.70. The van der Waals surface area contributed by atoms with Gasteiger partial charge in [0.1, 0.15) is 5.78 Å². The van der Waals surface area contributed by atoms with Gasteiger partial charge >= 0.3 is 0 Å². The molecule has 1 aliphatic rings. The number of ketones is 1. The summed E-state index contributed by atoms with van der Waals surface area (Å²) in [5.74, 6) is 1.39. The molecule has 2 heterocycles. The Morgan fingerprint density at radius 2 is 2.47 bits per heavy atom. The number of aryl methyl sites for hydroxylation is 1. The maximum absolute atomic E-state index is 11.7. The van der Waals surface area contributed by atoms with E-state index in [0.29, 0.717) is 24.6 Å². The molecular formula is C11H19N5O. The first-order valence-corrected chi connectivity index (χ1v) is 6.19. The SMILES string of the molecule is Cn1nnc(CC(=O)CCC2CCCNC2)n1. The van der Waals surface area contributed by atoms with E-state index in [-0.39, 0.29) is 5.78 Å². The second kappa shape index (κ2) is 5.86. The van der Waals surface area contributed by atoms with Gasteiger partial charge in [-0.05, 0) is 43.5 Å². The van der Waals surface area contributed by atoms with Crippen molar-refractivity contribution >= 4 is 5.78 Å². The zero-order valence-electron chi connectivity index (χ0n) is 10.2. The van der Waals surface area contributed by atoms with Crippen LogP contribution in [-0.4, -0.2) is 39.1 Å². The minimum atomic E-state index is 0.212. The molecule has 6 heteroatoms. The first-order valence-electron chi connectivity index (χ1n) is 6.19. The van der Waals surface area contributed by atoms with Gasteiger partial charge in [0, 0.05) is 6.42 Å². The Bertz CT molecular complexity index is 370. The first-order chi connectivity index (χ1) is 8.24. The van der Waals surface area contributed by atoms with Gasteiger partial charge in [0.2, 0.25) is 0 Å². The van der Waals surface area contributed by atoms with Crippen LogP contribution in [0.25, 0.3) is 0 Å². The topological polar surface area (TPSA) is 72.7 Å². The Morgan fingerprint density at radius 3 is 3.12 bits per heavy atom. The molecule has 1 aromatic rings. The normalized spacial score (nSPS) is 20.4. The third kappa shape index (κ3) is 3.89. The Hall–Kier alpha value is -1.30. The number of aromatic nitrogens is 4. The van der Waals surface area contributed by atoms with E-state index in [0.717, 1.165) is 19.5 Å². The summed E-state index contributed by atoms with van der Waals surface area (Å²) < 4.78 is 0. The molecule has 0 spiro atoms. The lowest BCUT2D eigenvalue weighted by Gasteiger charge is -2.22. The Morgan fingerprint density at radius 1 is 1.59 bits per heavy atom. The number of nitrogens with one attached hydrogen (secondary N) is 1. The van der Waals surface area contributed by atoms with Gasteiger partial charge < -0.3 is 5.32 Å².